The summed E-state index contributed by atoms with van der Waals surface area (Å²) in [5, 5.41) is 20.1. The number of amides is 2. The van der Waals surface area contributed by atoms with Crippen molar-refractivity contribution in [3.05, 3.63) is 69.2 Å². The second-order valence-electron chi connectivity index (χ2n) is 12.3. The van der Waals surface area contributed by atoms with Crippen molar-refractivity contribution in [2.75, 3.05) is 20.3 Å². The quantitative estimate of drug-likeness (QED) is 0.215. The molecular formula is C32H30Cl2FN5O5. The fourth-order valence-corrected chi connectivity index (χ4v) is 6.44. The highest BCUT2D eigenvalue weighted by molar-refractivity contribution is 6.35. The van der Waals surface area contributed by atoms with E-state index in [1.807, 2.05) is 10.9 Å². The number of ether oxygens (including phenoxy) is 2. The summed E-state index contributed by atoms with van der Waals surface area (Å²) in [6.07, 6.45) is 5.42. The Morgan fingerprint density at radius 1 is 1.20 bits per heavy atom. The van der Waals surface area contributed by atoms with E-state index in [1.165, 1.54) is 19.2 Å². The number of benzene rings is 2. The zero-order valence-corrected chi connectivity index (χ0v) is 26.0. The second-order valence-corrected chi connectivity index (χ2v) is 13.1. The molecule has 2 aliphatic carbocycles. The number of pyridine rings is 1. The summed E-state index contributed by atoms with van der Waals surface area (Å²) in [5.41, 5.74) is 5.13. The zero-order valence-electron chi connectivity index (χ0n) is 24.5. The molecule has 0 unspecified atom stereocenters. The lowest BCUT2D eigenvalue weighted by Gasteiger charge is -2.30. The Labute approximate surface area is 267 Å². The Hall–Kier alpha value is -3.93. The lowest BCUT2D eigenvalue weighted by atomic mass is 9.81. The number of fused-ring (bicyclic) bond motifs is 2. The maximum absolute atomic E-state index is 14.3. The summed E-state index contributed by atoms with van der Waals surface area (Å²) in [4.78, 5) is 31.0. The number of rotatable bonds is 9. The zero-order chi connectivity index (χ0) is 31.8. The van der Waals surface area contributed by atoms with Crippen molar-refractivity contribution in [1.82, 2.24) is 20.1 Å². The van der Waals surface area contributed by atoms with Crippen molar-refractivity contribution >= 4 is 45.9 Å². The standard InChI is InChI=1S/C32H30Cl2FN5O5/c1-31(30(36)42)14-45-28-20(31)11-24(38-27(28)15-8-21(33)25(35)22(34)9-15)32(43,18-3-4-18)13-37-29(41)16-7-17-12-40(19-5-6-19)39-26(17)23(10-16)44-2/h7-12,18-19,43H,3-6,13-14H2,1-2H3,(H2,36,42)(H,37,41)/t31-,32+/m0/s1. The Balaban J connectivity index is 1.27. The van der Waals surface area contributed by atoms with E-state index in [1.54, 1.807) is 25.1 Å². The van der Waals surface area contributed by atoms with E-state index in [2.05, 4.69) is 10.4 Å². The van der Waals surface area contributed by atoms with Crippen LogP contribution in [0, 0.1) is 11.7 Å². The Morgan fingerprint density at radius 2 is 1.91 bits per heavy atom. The third kappa shape index (κ3) is 4.97. The molecular weight excluding hydrogens is 624 g/mol. The molecule has 0 saturated heterocycles. The lowest BCUT2D eigenvalue weighted by Crippen LogP contribution is -2.44. The van der Waals surface area contributed by atoms with Gasteiger partial charge in [-0.2, -0.15) is 5.10 Å². The first-order valence-corrected chi connectivity index (χ1v) is 15.4. The van der Waals surface area contributed by atoms with E-state index in [9.17, 15) is 19.1 Å². The minimum atomic E-state index is -1.63. The van der Waals surface area contributed by atoms with Crippen LogP contribution >= 0.6 is 23.2 Å². The molecule has 2 aromatic carbocycles. The van der Waals surface area contributed by atoms with E-state index < -0.39 is 28.6 Å². The van der Waals surface area contributed by atoms with Crippen LogP contribution in [0.2, 0.25) is 10.0 Å². The molecule has 0 radical (unpaired) electrons. The Morgan fingerprint density at radius 3 is 2.53 bits per heavy atom. The van der Waals surface area contributed by atoms with Gasteiger partial charge in [0.15, 0.2) is 5.82 Å². The molecule has 2 amide bonds. The molecule has 4 aromatic rings. The van der Waals surface area contributed by atoms with Crippen molar-refractivity contribution in [3.63, 3.8) is 0 Å². The van der Waals surface area contributed by atoms with Crippen LogP contribution in [0.3, 0.4) is 0 Å². The number of nitrogens with zero attached hydrogens (tertiary/aromatic N) is 3. The van der Waals surface area contributed by atoms with Crippen molar-refractivity contribution in [1.29, 1.82) is 0 Å². The highest BCUT2D eigenvalue weighted by atomic mass is 35.5. The normalized spacial score (nSPS) is 20.4. The van der Waals surface area contributed by atoms with Gasteiger partial charge in [0.05, 0.1) is 35.4 Å². The van der Waals surface area contributed by atoms with Crippen LogP contribution in [0.4, 0.5) is 4.39 Å². The molecule has 1 aliphatic heterocycles. The lowest BCUT2D eigenvalue weighted by molar-refractivity contribution is -0.123. The number of methoxy groups -OCH3 is 1. The van der Waals surface area contributed by atoms with Gasteiger partial charge in [-0.15, -0.1) is 0 Å². The summed E-state index contributed by atoms with van der Waals surface area (Å²) < 4.78 is 27.7. The van der Waals surface area contributed by atoms with Gasteiger partial charge >= 0.3 is 0 Å². The molecule has 2 aromatic heterocycles. The molecule has 3 heterocycles. The van der Waals surface area contributed by atoms with Gasteiger partial charge < -0.3 is 25.6 Å². The molecule has 0 spiro atoms. The number of hydrogen-bond donors (Lipinski definition) is 3. The number of nitrogens with two attached hydrogens (primary N) is 1. The van der Waals surface area contributed by atoms with Gasteiger partial charge in [0.25, 0.3) is 5.91 Å². The van der Waals surface area contributed by atoms with E-state index in [0.717, 1.165) is 18.2 Å². The SMILES string of the molecule is COc1cc(C(=O)NC[C@](O)(c2cc3c(c(-c4cc(Cl)c(F)c(Cl)c4)n2)OC[C@]3(C)C(N)=O)C2CC2)cc2cn(C3CC3)nc12. The number of carbonyl (C=O) groups excluding carboxylic acids is 2. The first-order valence-electron chi connectivity index (χ1n) is 14.6. The van der Waals surface area contributed by atoms with E-state index in [4.69, 9.17) is 43.4 Å². The van der Waals surface area contributed by atoms with Crippen LogP contribution in [0.25, 0.3) is 22.2 Å². The molecule has 2 atom stereocenters. The summed E-state index contributed by atoms with van der Waals surface area (Å²) in [7, 11) is 1.53. The second kappa shape index (κ2) is 10.6. The van der Waals surface area contributed by atoms with Gasteiger partial charge in [0, 0.05) is 28.3 Å². The van der Waals surface area contributed by atoms with Crippen molar-refractivity contribution in [2.45, 2.75) is 49.7 Å². The smallest absolute Gasteiger partial charge is 0.251 e. The van der Waals surface area contributed by atoms with Crippen molar-refractivity contribution < 1.29 is 28.6 Å². The molecule has 10 nitrogen and oxygen atoms in total. The van der Waals surface area contributed by atoms with E-state index >= 15 is 0 Å². The Bertz CT molecular complexity index is 1890. The van der Waals surface area contributed by atoms with Crippen LogP contribution < -0.4 is 20.5 Å². The minimum absolute atomic E-state index is 0.0569. The fourth-order valence-electron chi connectivity index (χ4n) is 5.95. The van der Waals surface area contributed by atoms with Gasteiger partial charge in [-0.3, -0.25) is 14.3 Å². The predicted molar refractivity (Wildman–Crippen MR) is 165 cm³/mol. The molecule has 2 fully saturated rings. The molecule has 4 N–H and O–H groups in total. The average molecular weight is 655 g/mol. The monoisotopic (exact) mass is 653 g/mol. The summed E-state index contributed by atoms with van der Waals surface area (Å²) in [6.45, 7) is 1.41. The number of aliphatic hydroxyl groups is 1. The average Bonchev–Trinajstić information content (AvgIpc) is 3.97. The first-order chi connectivity index (χ1) is 21.4. The minimum Gasteiger partial charge on any atom is -0.494 e. The third-order valence-electron chi connectivity index (χ3n) is 9.08. The fraction of sp³-hybridized carbons (Fsp3) is 0.375. The van der Waals surface area contributed by atoms with Crippen LogP contribution in [0.15, 0.2) is 36.5 Å². The molecule has 13 heteroatoms. The van der Waals surface area contributed by atoms with Gasteiger partial charge in [0.2, 0.25) is 5.91 Å². The third-order valence-corrected chi connectivity index (χ3v) is 9.63. The van der Waals surface area contributed by atoms with Gasteiger partial charge in [-0.25, -0.2) is 9.37 Å². The first kappa shape index (κ1) is 29.8. The number of primary amides is 1. The summed E-state index contributed by atoms with van der Waals surface area (Å²) in [6, 6.07) is 8.05. The molecule has 0 bridgehead atoms. The van der Waals surface area contributed by atoms with Crippen LogP contribution in [0.1, 0.15) is 60.3 Å². The maximum Gasteiger partial charge on any atom is 0.251 e. The van der Waals surface area contributed by atoms with E-state index in [-0.39, 0.29) is 46.3 Å². The number of carbonyl (C=O) groups is 2. The predicted octanol–water partition coefficient (Wildman–Crippen LogP) is 5.05. The highest BCUT2D eigenvalue weighted by Crippen LogP contribution is 2.50. The molecule has 2 saturated carbocycles. The Kier molecular flexibility index (Phi) is 6.99. The van der Waals surface area contributed by atoms with Crippen molar-refractivity contribution in [3.8, 4) is 22.8 Å². The largest absolute Gasteiger partial charge is 0.494 e. The molecule has 7 rings (SSSR count). The topological polar surface area (TPSA) is 142 Å². The van der Waals surface area contributed by atoms with Crippen LogP contribution in [-0.2, 0) is 15.8 Å². The number of halogens is 3. The van der Waals surface area contributed by atoms with Gasteiger partial charge in [0.1, 0.15) is 40.3 Å². The van der Waals surface area contributed by atoms with Gasteiger partial charge in [-0.1, -0.05) is 23.2 Å². The number of nitrogens with one attached hydrogen (secondary N) is 1. The number of aromatic nitrogens is 3. The van der Waals surface area contributed by atoms with E-state index in [0.29, 0.717) is 46.8 Å². The molecule has 45 heavy (non-hydrogen) atoms. The maximum atomic E-state index is 14.3. The van der Waals surface area contributed by atoms with Crippen molar-refractivity contribution in [2.24, 2.45) is 11.7 Å². The van der Waals surface area contributed by atoms with Crippen LogP contribution in [-0.4, -0.2) is 51.9 Å². The summed E-state index contributed by atoms with van der Waals surface area (Å²) >= 11 is 12.2. The number of hydrogen-bond acceptors (Lipinski definition) is 7. The van der Waals surface area contributed by atoms with Crippen LogP contribution in [0.5, 0.6) is 11.5 Å². The molecule has 234 valence electrons. The van der Waals surface area contributed by atoms with Gasteiger partial charge in [-0.05, 0) is 68.9 Å². The molecule has 3 aliphatic rings. The highest BCUT2D eigenvalue weighted by Gasteiger charge is 2.50. The summed E-state index contributed by atoms with van der Waals surface area (Å²) in [5.74, 6) is -1.33.